The van der Waals surface area contributed by atoms with Crippen LogP contribution in [-0.2, 0) is 6.54 Å². The van der Waals surface area contributed by atoms with Gasteiger partial charge in [-0.2, -0.15) is 0 Å². The van der Waals surface area contributed by atoms with E-state index < -0.39 is 0 Å². The van der Waals surface area contributed by atoms with Crippen LogP contribution in [0.25, 0.3) is 0 Å². The van der Waals surface area contributed by atoms with E-state index in [1.165, 1.54) is 11.3 Å². The Bertz CT molecular complexity index is 351. The molecule has 0 aromatic carbocycles. The molecular formula is C7H8N4S. The van der Waals surface area contributed by atoms with Crippen molar-refractivity contribution in [2.75, 3.05) is 5.73 Å². The van der Waals surface area contributed by atoms with Crippen LogP contribution in [0.3, 0.4) is 0 Å². The first-order valence-corrected chi connectivity index (χ1v) is 4.38. The van der Waals surface area contributed by atoms with E-state index in [2.05, 4.69) is 9.97 Å². The Labute approximate surface area is 73.7 Å². The van der Waals surface area contributed by atoms with Crippen molar-refractivity contribution in [3.05, 3.63) is 29.8 Å². The predicted octanol–water partition coefficient (Wildman–Crippen LogP) is 0.970. The fraction of sp³-hybridized carbons (Fsp3) is 0.143. The molecule has 62 valence electrons. The smallest absolute Gasteiger partial charge is 0.180 e. The molecule has 0 aliphatic carbocycles. The molecule has 4 nitrogen and oxygen atoms in total. The molecule has 2 rings (SSSR count). The van der Waals surface area contributed by atoms with E-state index in [0.717, 1.165) is 12.2 Å². The Morgan fingerprint density at radius 1 is 1.58 bits per heavy atom. The molecule has 0 saturated carbocycles. The van der Waals surface area contributed by atoms with E-state index in [1.54, 1.807) is 12.5 Å². The van der Waals surface area contributed by atoms with E-state index in [4.69, 9.17) is 5.73 Å². The second kappa shape index (κ2) is 2.94. The molecule has 0 amide bonds. The summed E-state index contributed by atoms with van der Waals surface area (Å²) in [5.41, 5.74) is 6.47. The van der Waals surface area contributed by atoms with Gasteiger partial charge in [-0.25, -0.2) is 9.97 Å². The number of aromatic nitrogens is 3. The van der Waals surface area contributed by atoms with Crippen LogP contribution in [-0.4, -0.2) is 14.5 Å². The molecule has 2 aromatic heterocycles. The lowest BCUT2D eigenvalue weighted by atomic mass is 10.5. The number of nitrogens with two attached hydrogens (primary N) is 1. The number of thiazole rings is 1. The Hall–Kier alpha value is -1.36. The van der Waals surface area contributed by atoms with Gasteiger partial charge in [-0.15, -0.1) is 11.3 Å². The van der Waals surface area contributed by atoms with Crippen molar-refractivity contribution >= 4 is 16.5 Å². The predicted molar refractivity (Wildman–Crippen MR) is 47.9 cm³/mol. The van der Waals surface area contributed by atoms with Gasteiger partial charge in [0, 0.05) is 17.8 Å². The van der Waals surface area contributed by atoms with Crippen LogP contribution in [0.1, 0.15) is 5.69 Å². The maximum absolute atomic E-state index is 5.49. The summed E-state index contributed by atoms with van der Waals surface area (Å²) in [6.07, 6.45) is 5.40. The summed E-state index contributed by atoms with van der Waals surface area (Å²) in [4.78, 5) is 8.07. The van der Waals surface area contributed by atoms with Gasteiger partial charge in [0.05, 0.1) is 18.6 Å². The van der Waals surface area contributed by atoms with Crippen LogP contribution in [0.2, 0.25) is 0 Å². The molecule has 0 atom stereocenters. The minimum Gasteiger partial charge on any atom is -0.375 e. The molecule has 0 unspecified atom stereocenters. The fourth-order valence-electron chi connectivity index (χ4n) is 0.963. The highest BCUT2D eigenvalue weighted by Crippen LogP contribution is 2.11. The topological polar surface area (TPSA) is 56.7 Å². The molecule has 0 spiro atoms. The third-order valence-electron chi connectivity index (χ3n) is 1.47. The summed E-state index contributed by atoms with van der Waals surface area (Å²) < 4.78 is 1.95. The zero-order chi connectivity index (χ0) is 8.39. The number of imidazole rings is 1. The maximum atomic E-state index is 5.49. The summed E-state index contributed by atoms with van der Waals surface area (Å²) in [6.45, 7) is 0.744. The van der Waals surface area contributed by atoms with Crippen LogP contribution < -0.4 is 5.73 Å². The lowest BCUT2D eigenvalue weighted by molar-refractivity contribution is 0.779. The van der Waals surface area contributed by atoms with Gasteiger partial charge in [0.1, 0.15) is 0 Å². The first-order chi connectivity index (χ1) is 5.84. The molecule has 5 heteroatoms. The van der Waals surface area contributed by atoms with Gasteiger partial charge < -0.3 is 10.3 Å². The lowest BCUT2D eigenvalue weighted by Crippen LogP contribution is -1.96. The number of rotatable bonds is 2. The number of anilines is 1. The molecule has 0 aliphatic heterocycles. The van der Waals surface area contributed by atoms with Gasteiger partial charge in [-0.05, 0) is 0 Å². The molecule has 2 heterocycles. The van der Waals surface area contributed by atoms with E-state index in [0.29, 0.717) is 5.13 Å². The van der Waals surface area contributed by atoms with Gasteiger partial charge in [-0.3, -0.25) is 0 Å². The summed E-state index contributed by atoms with van der Waals surface area (Å²) in [5.74, 6) is 0. The first-order valence-electron chi connectivity index (χ1n) is 3.50. The minimum atomic E-state index is 0.616. The average molecular weight is 180 g/mol. The summed E-state index contributed by atoms with van der Waals surface area (Å²) in [5, 5.41) is 2.57. The monoisotopic (exact) mass is 180 g/mol. The van der Waals surface area contributed by atoms with Crippen molar-refractivity contribution in [1.82, 2.24) is 14.5 Å². The zero-order valence-electron chi connectivity index (χ0n) is 6.34. The molecule has 0 fully saturated rings. The third kappa shape index (κ3) is 1.45. The molecule has 2 N–H and O–H groups in total. The van der Waals surface area contributed by atoms with Crippen molar-refractivity contribution in [2.45, 2.75) is 6.54 Å². The highest BCUT2D eigenvalue weighted by molar-refractivity contribution is 7.13. The lowest BCUT2D eigenvalue weighted by Gasteiger charge is -1.95. The van der Waals surface area contributed by atoms with Crippen LogP contribution in [0.5, 0.6) is 0 Å². The van der Waals surface area contributed by atoms with Gasteiger partial charge in [0.2, 0.25) is 0 Å². The quantitative estimate of drug-likeness (QED) is 0.749. The Morgan fingerprint density at radius 3 is 3.08 bits per heavy atom. The van der Waals surface area contributed by atoms with E-state index in [9.17, 15) is 0 Å². The van der Waals surface area contributed by atoms with Crippen molar-refractivity contribution in [3.8, 4) is 0 Å². The van der Waals surface area contributed by atoms with E-state index in [1.807, 2.05) is 16.1 Å². The molecule has 0 radical (unpaired) electrons. The molecule has 0 bridgehead atoms. The summed E-state index contributed by atoms with van der Waals surface area (Å²) >= 11 is 1.46. The van der Waals surface area contributed by atoms with Crippen molar-refractivity contribution in [1.29, 1.82) is 0 Å². The third-order valence-corrected chi connectivity index (χ3v) is 2.20. The maximum Gasteiger partial charge on any atom is 0.180 e. The fourth-order valence-corrected chi connectivity index (χ4v) is 1.52. The largest absolute Gasteiger partial charge is 0.375 e. The van der Waals surface area contributed by atoms with Crippen LogP contribution >= 0.6 is 11.3 Å². The average Bonchev–Trinajstić information content (AvgIpc) is 2.63. The highest BCUT2D eigenvalue weighted by atomic mass is 32.1. The molecule has 0 aliphatic rings. The minimum absolute atomic E-state index is 0.616. The van der Waals surface area contributed by atoms with Crippen molar-refractivity contribution in [2.24, 2.45) is 0 Å². The summed E-state index contributed by atoms with van der Waals surface area (Å²) in [7, 11) is 0. The van der Waals surface area contributed by atoms with Gasteiger partial charge in [0.25, 0.3) is 0 Å². The molecular weight excluding hydrogens is 172 g/mol. The van der Waals surface area contributed by atoms with Gasteiger partial charge in [-0.1, -0.05) is 0 Å². The number of hydrogen-bond acceptors (Lipinski definition) is 4. The van der Waals surface area contributed by atoms with Crippen molar-refractivity contribution in [3.63, 3.8) is 0 Å². The normalized spacial score (nSPS) is 10.3. The summed E-state index contributed by atoms with van der Waals surface area (Å²) in [6, 6.07) is 0. The van der Waals surface area contributed by atoms with Gasteiger partial charge in [0.15, 0.2) is 5.13 Å². The standard InChI is InChI=1S/C7H8N4S/c8-7-10-6(4-12-7)3-11-2-1-9-5-11/h1-2,4-5H,3H2,(H2,8,10). The first kappa shape index (κ1) is 7.30. The molecule has 0 saturated heterocycles. The second-order valence-electron chi connectivity index (χ2n) is 2.41. The SMILES string of the molecule is Nc1nc(Cn2ccnc2)cs1. The Morgan fingerprint density at radius 2 is 2.50 bits per heavy atom. The molecule has 2 aromatic rings. The highest BCUT2D eigenvalue weighted by Gasteiger charge is 1.98. The van der Waals surface area contributed by atoms with Crippen LogP contribution in [0.4, 0.5) is 5.13 Å². The van der Waals surface area contributed by atoms with Crippen LogP contribution in [0, 0.1) is 0 Å². The van der Waals surface area contributed by atoms with Crippen molar-refractivity contribution < 1.29 is 0 Å². The van der Waals surface area contributed by atoms with Gasteiger partial charge >= 0.3 is 0 Å². The second-order valence-corrected chi connectivity index (χ2v) is 3.30. The number of nitrogens with zero attached hydrogens (tertiary/aromatic N) is 3. The number of hydrogen-bond donors (Lipinski definition) is 1. The Kier molecular flexibility index (Phi) is 1.79. The molecule has 12 heavy (non-hydrogen) atoms. The van der Waals surface area contributed by atoms with E-state index >= 15 is 0 Å². The van der Waals surface area contributed by atoms with Crippen LogP contribution in [0.15, 0.2) is 24.1 Å². The van der Waals surface area contributed by atoms with E-state index in [-0.39, 0.29) is 0 Å². The zero-order valence-corrected chi connectivity index (χ0v) is 7.16. The number of nitrogen functional groups attached to an aromatic ring is 1. The Balaban J connectivity index is 2.14.